The lowest BCUT2D eigenvalue weighted by Gasteiger charge is -2.12. The van der Waals surface area contributed by atoms with Gasteiger partial charge in [0.05, 0.1) is 12.4 Å². The van der Waals surface area contributed by atoms with Crippen molar-refractivity contribution in [1.29, 1.82) is 0 Å². The average Bonchev–Trinajstić information content (AvgIpc) is 3.25. The molecular formula is C24H22ClN5O2S. The zero-order valence-electron chi connectivity index (χ0n) is 18.2. The summed E-state index contributed by atoms with van der Waals surface area (Å²) in [5.41, 5.74) is 3.38. The lowest BCUT2D eigenvalue weighted by Crippen LogP contribution is -2.15. The highest BCUT2D eigenvalue weighted by Crippen LogP contribution is 2.29. The summed E-state index contributed by atoms with van der Waals surface area (Å²) < 4.78 is 7.49. The van der Waals surface area contributed by atoms with Gasteiger partial charge in [0.25, 0.3) is 0 Å². The summed E-state index contributed by atoms with van der Waals surface area (Å²) in [5.74, 6) is 1.48. The van der Waals surface area contributed by atoms with E-state index in [4.69, 9.17) is 16.3 Å². The molecule has 168 valence electrons. The molecule has 0 aliphatic carbocycles. The van der Waals surface area contributed by atoms with Crippen molar-refractivity contribution in [2.45, 2.75) is 19.0 Å². The number of nitrogens with one attached hydrogen (secondary N) is 1. The Morgan fingerprint density at radius 1 is 1.09 bits per heavy atom. The van der Waals surface area contributed by atoms with E-state index in [1.165, 1.54) is 11.8 Å². The number of anilines is 1. The van der Waals surface area contributed by atoms with Crippen molar-refractivity contribution in [3.63, 3.8) is 0 Å². The molecule has 0 saturated carbocycles. The average molecular weight is 480 g/mol. The minimum atomic E-state index is -0.142. The van der Waals surface area contributed by atoms with Crippen LogP contribution in [0.4, 0.5) is 5.69 Å². The number of carbonyl (C=O) groups is 1. The number of aryl methyl sites for hydroxylation is 1. The molecule has 7 nitrogen and oxygen atoms in total. The quantitative estimate of drug-likeness (QED) is 0.340. The molecule has 4 rings (SSSR count). The Hall–Kier alpha value is -3.36. The molecule has 0 unspecified atom stereocenters. The van der Waals surface area contributed by atoms with Crippen LogP contribution in [0, 0.1) is 6.92 Å². The highest BCUT2D eigenvalue weighted by Gasteiger charge is 2.18. The number of hydrogen-bond donors (Lipinski definition) is 1. The molecule has 2 aromatic heterocycles. The van der Waals surface area contributed by atoms with Crippen molar-refractivity contribution in [3.05, 3.63) is 77.6 Å². The van der Waals surface area contributed by atoms with Crippen molar-refractivity contribution < 1.29 is 9.53 Å². The zero-order valence-corrected chi connectivity index (χ0v) is 19.7. The molecule has 0 aliphatic heterocycles. The van der Waals surface area contributed by atoms with Crippen LogP contribution < -0.4 is 10.1 Å². The molecule has 0 bridgehead atoms. The van der Waals surface area contributed by atoms with Crippen LogP contribution >= 0.6 is 23.4 Å². The van der Waals surface area contributed by atoms with E-state index in [1.54, 1.807) is 24.5 Å². The van der Waals surface area contributed by atoms with Crippen LogP contribution in [-0.4, -0.2) is 38.0 Å². The van der Waals surface area contributed by atoms with Crippen molar-refractivity contribution in [2.24, 2.45) is 0 Å². The Morgan fingerprint density at radius 2 is 1.85 bits per heavy atom. The van der Waals surface area contributed by atoms with Gasteiger partial charge in [0, 0.05) is 34.4 Å². The van der Waals surface area contributed by atoms with E-state index in [1.807, 2.05) is 60.9 Å². The number of benzene rings is 2. The Labute approximate surface area is 201 Å². The van der Waals surface area contributed by atoms with Crippen LogP contribution in [-0.2, 0) is 4.79 Å². The number of hydrogen-bond acceptors (Lipinski definition) is 6. The molecule has 1 amide bonds. The second kappa shape index (κ2) is 10.5. The predicted molar refractivity (Wildman–Crippen MR) is 131 cm³/mol. The summed E-state index contributed by atoms with van der Waals surface area (Å²) in [4.78, 5) is 16.7. The van der Waals surface area contributed by atoms with E-state index in [0.717, 1.165) is 28.3 Å². The number of pyridine rings is 1. The van der Waals surface area contributed by atoms with Crippen LogP contribution in [0.15, 0.2) is 72.1 Å². The molecule has 33 heavy (non-hydrogen) atoms. The Morgan fingerprint density at radius 3 is 2.55 bits per heavy atom. The normalized spacial score (nSPS) is 10.8. The third-order valence-corrected chi connectivity index (χ3v) is 5.94. The predicted octanol–water partition coefficient (Wildman–Crippen LogP) is 5.42. The van der Waals surface area contributed by atoms with Gasteiger partial charge in [-0.3, -0.25) is 14.3 Å². The molecule has 2 heterocycles. The summed E-state index contributed by atoms with van der Waals surface area (Å²) in [6.45, 7) is 4.44. The Kier molecular flexibility index (Phi) is 7.26. The first kappa shape index (κ1) is 22.8. The number of nitrogens with zero attached hydrogens (tertiary/aromatic N) is 4. The zero-order chi connectivity index (χ0) is 23.2. The van der Waals surface area contributed by atoms with E-state index < -0.39 is 0 Å². The lowest BCUT2D eigenvalue weighted by atomic mass is 10.2. The molecule has 1 N–H and O–H groups in total. The SMILES string of the molecule is CCOc1ccc(-n2c(SCC(=O)Nc3ccc(Cl)cc3C)nnc2-c2ccncc2)cc1. The van der Waals surface area contributed by atoms with E-state index in [-0.39, 0.29) is 11.7 Å². The third-order valence-electron chi connectivity index (χ3n) is 4.77. The summed E-state index contributed by atoms with van der Waals surface area (Å²) in [5, 5.41) is 12.9. The fraction of sp³-hybridized carbons (Fsp3) is 0.167. The fourth-order valence-corrected chi connectivity index (χ4v) is 4.20. The van der Waals surface area contributed by atoms with Gasteiger partial charge >= 0.3 is 0 Å². The van der Waals surface area contributed by atoms with Crippen LogP contribution in [0.25, 0.3) is 17.1 Å². The minimum Gasteiger partial charge on any atom is -0.494 e. The molecular weight excluding hydrogens is 458 g/mol. The smallest absolute Gasteiger partial charge is 0.234 e. The van der Waals surface area contributed by atoms with Gasteiger partial charge in [-0.05, 0) is 74.0 Å². The molecule has 0 saturated heterocycles. The standard InChI is InChI=1S/C24H22ClN5O2S/c1-3-32-20-7-5-19(6-8-20)30-23(17-10-12-26-13-11-17)28-29-24(30)33-15-22(31)27-21-9-4-18(25)14-16(21)2/h4-14H,3,15H2,1-2H3,(H,27,31). The molecule has 0 aliphatic rings. The molecule has 0 fully saturated rings. The topological polar surface area (TPSA) is 81.9 Å². The second-order valence-corrected chi connectivity index (χ2v) is 8.48. The van der Waals surface area contributed by atoms with E-state index in [9.17, 15) is 4.79 Å². The van der Waals surface area contributed by atoms with E-state index in [2.05, 4.69) is 20.5 Å². The molecule has 2 aromatic carbocycles. The first-order chi connectivity index (χ1) is 16.0. The fourth-order valence-electron chi connectivity index (χ4n) is 3.23. The van der Waals surface area contributed by atoms with Crippen molar-refractivity contribution in [2.75, 3.05) is 17.7 Å². The summed E-state index contributed by atoms with van der Waals surface area (Å²) in [7, 11) is 0. The number of aromatic nitrogens is 4. The molecule has 0 spiro atoms. The summed E-state index contributed by atoms with van der Waals surface area (Å²) in [6.07, 6.45) is 3.42. The number of carbonyl (C=O) groups excluding carboxylic acids is 1. The molecule has 0 radical (unpaired) electrons. The Balaban J connectivity index is 1.58. The second-order valence-electron chi connectivity index (χ2n) is 7.10. The van der Waals surface area contributed by atoms with Gasteiger partial charge < -0.3 is 10.1 Å². The third kappa shape index (κ3) is 5.53. The maximum absolute atomic E-state index is 12.6. The maximum Gasteiger partial charge on any atom is 0.234 e. The van der Waals surface area contributed by atoms with E-state index >= 15 is 0 Å². The Bertz CT molecular complexity index is 1250. The monoisotopic (exact) mass is 479 g/mol. The van der Waals surface area contributed by atoms with Crippen molar-refractivity contribution >= 4 is 35.0 Å². The largest absolute Gasteiger partial charge is 0.494 e. The van der Waals surface area contributed by atoms with Gasteiger partial charge in [0.15, 0.2) is 11.0 Å². The number of amides is 1. The van der Waals surface area contributed by atoms with Crippen LogP contribution in [0.2, 0.25) is 5.02 Å². The van der Waals surface area contributed by atoms with Gasteiger partial charge in [0.1, 0.15) is 5.75 Å². The van der Waals surface area contributed by atoms with Crippen molar-refractivity contribution in [1.82, 2.24) is 19.7 Å². The number of ether oxygens (including phenoxy) is 1. The van der Waals surface area contributed by atoms with Gasteiger partial charge in [0.2, 0.25) is 5.91 Å². The van der Waals surface area contributed by atoms with E-state index in [0.29, 0.717) is 22.6 Å². The minimum absolute atomic E-state index is 0.142. The first-order valence-electron chi connectivity index (χ1n) is 10.3. The van der Waals surface area contributed by atoms with Crippen LogP contribution in [0.1, 0.15) is 12.5 Å². The molecule has 0 atom stereocenters. The number of thioether (sulfide) groups is 1. The van der Waals surface area contributed by atoms with Crippen LogP contribution in [0.5, 0.6) is 5.75 Å². The van der Waals surface area contributed by atoms with Gasteiger partial charge in [-0.2, -0.15) is 0 Å². The maximum atomic E-state index is 12.6. The number of rotatable bonds is 8. The molecule has 4 aromatic rings. The van der Waals surface area contributed by atoms with Gasteiger partial charge in [-0.15, -0.1) is 10.2 Å². The highest BCUT2D eigenvalue weighted by atomic mass is 35.5. The van der Waals surface area contributed by atoms with Crippen LogP contribution in [0.3, 0.4) is 0 Å². The van der Waals surface area contributed by atoms with Crippen molar-refractivity contribution in [3.8, 4) is 22.8 Å². The van der Waals surface area contributed by atoms with Gasteiger partial charge in [-0.1, -0.05) is 23.4 Å². The lowest BCUT2D eigenvalue weighted by molar-refractivity contribution is -0.113. The summed E-state index contributed by atoms with van der Waals surface area (Å²) in [6, 6.07) is 16.8. The van der Waals surface area contributed by atoms with Gasteiger partial charge in [-0.25, -0.2) is 0 Å². The molecule has 9 heteroatoms. The number of halogens is 1. The first-order valence-corrected chi connectivity index (χ1v) is 11.7. The highest BCUT2D eigenvalue weighted by molar-refractivity contribution is 7.99. The summed E-state index contributed by atoms with van der Waals surface area (Å²) >= 11 is 7.32.